The summed E-state index contributed by atoms with van der Waals surface area (Å²) in [6.07, 6.45) is 0.373. The molecule has 6 nitrogen and oxygen atoms in total. The first-order chi connectivity index (χ1) is 11.0. The fourth-order valence-electron chi connectivity index (χ4n) is 2.94. The number of hydrogen-bond acceptors (Lipinski definition) is 5. The van der Waals surface area contributed by atoms with E-state index in [9.17, 15) is 4.79 Å². The van der Waals surface area contributed by atoms with Crippen molar-refractivity contribution in [2.24, 2.45) is 0 Å². The van der Waals surface area contributed by atoms with Gasteiger partial charge in [0.05, 0.1) is 13.2 Å². The smallest absolute Gasteiger partial charge is 0.412 e. The number of morpholine rings is 1. The monoisotopic (exact) mass is 320 g/mol. The molecule has 0 aromatic heterocycles. The van der Waals surface area contributed by atoms with Gasteiger partial charge in [0.2, 0.25) is 0 Å². The Morgan fingerprint density at radius 1 is 1.35 bits per heavy atom. The van der Waals surface area contributed by atoms with Gasteiger partial charge >= 0.3 is 6.09 Å². The van der Waals surface area contributed by atoms with Crippen LogP contribution in [0.2, 0.25) is 0 Å². The number of nitrogens with one attached hydrogen (secondary N) is 1. The Kier molecular flexibility index (Phi) is 4.73. The normalized spacial score (nSPS) is 19.7. The van der Waals surface area contributed by atoms with Crippen LogP contribution in [0.25, 0.3) is 0 Å². The van der Waals surface area contributed by atoms with Gasteiger partial charge in [-0.05, 0) is 19.9 Å². The predicted octanol–water partition coefficient (Wildman–Crippen LogP) is 1.82. The van der Waals surface area contributed by atoms with E-state index in [0.717, 1.165) is 44.8 Å². The second-order valence-electron chi connectivity index (χ2n) is 6.55. The number of fused-ring (bicyclic) bond motifs is 1. The summed E-state index contributed by atoms with van der Waals surface area (Å²) in [6, 6.07) is 5.66. The molecule has 1 saturated heterocycles. The highest BCUT2D eigenvalue weighted by atomic mass is 16.6. The maximum atomic E-state index is 12.0. The van der Waals surface area contributed by atoms with Crippen molar-refractivity contribution in [3.05, 3.63) is 23.8 Å². The molecule has 6 heteroatoms. The molecule has 2 heterocycles. The molecule has 0 aliphatic carbocycles. The SMILES string of the molecule is CC1(C)Cc2cccc(OC(=O)NCCN3CCOCC3)c2O1. The van der Waals surface area contributed by atoms with E-state index in [-0.39, 0.29) is 5.60 Å². The van der Waals surface area contributed by atoms with Crippen molar-refractivity contribution in [3.8, 4) is 11.5 Å². The van der Waals surface area contributed by atoms with E-state index in [4.69, 9.17) is 14.2 Å². The number of ether oxygens (including phenoxy) is 3. The molecular weight excluding hydrogens is 296 g/mol. The average Bonchev–Trinajstić information content (AvgIpc) is 2.83. The van der Waals surface area contributed by atoms with Gasteiger partial charge in [0.1, 0.15) is 5.60 Å². The maximum absolute atomic E-state index is 12.0. The van der Waals surface area contributed by atoms with Crippen LogP contribution < -0.4 is 14.8 Å². The molecule has 0 unspecified atom stereocenters. The van der Waals surface area contributed by atoms with Crippen LogP contribution in [0.5, 0.6) is 11.5 Å². The molecule has 1 N–H and O–H groups in total. The Morgan fingerprint density at radius 3 is 2.91 bits per heavy atom. The summed E-state index contributed by atoms with van der Waals surface area (Å²) in [6.45, 7) is 8.74. The van der Waals surface area contributed by atoms with Gasteiger partial charge in [-0.2, -0.15) is 0 Å². The lowest BCUT2D eigenvalue weighted by Gasteiger charge is -2.26. The molecule has 0 bridgehead atoms. The lowest BCUT2D eigenvalue weighted by molar-refractivity contribution is 0.0385. The number of hydrogen-bond donors (Lipinski definition) is 1. The highest BCUT2D eigenvalue weighted by Gasteiger charge is 2.32. The highest BCUT2D eigenvalue weighted by Crippen LogP contribution is 2.41. The van der Waals surface area contributed by atoms with Gasteiger partial charge < -0.3 is 19.5 Å². The van der Waals surface area contributed by atoms with Crippen LogP contribution in [-0.4, -0.2) is 56.0 Å². The molecule has 3 rings (SSSR count). The maximum Gasteiger partial charge on any atom is 0.412 e. The van der Waals surface area contributed by atoms with Gasteiger partial charge in [-0.25, -0.2) is 4.79 Å². The number of rotatable bonds is 4. The zero-order chi connectivity index (χ0) is 16.3. The molecule has 0 spiro atoms. The second kappa shape index (κ2) is 6.76. The third-order valence-electron chi connectivity index (χ3n) is 4.06. The van der Waals surface area contributed by atoms with E-state index < -0.39 is 6.09 Å². The van der Waals surface area contributed by atoms with Crippen LogP contribution >= 0.6 is 0 Å². The molecule has 1 amide bonds. The summed E-state index contributed by atoms with van der Waals surface area (Å²) >= 11 is 0. The molecular formula is C17H24N2O4. The predicted molar refractivity (Wildman–Crippen MR) is 86.1 cm³/mol. The minimum Gasteiger partial charge on any atom is -0.483 e. The van der Waals surface area contributed by atoms with Crippen LogP contribution in [0.15, 0.2) is 18.2 Å². The number of carbonyl (C=O) groups is 1. The van der Waals surface area contributed by atoms with Crippen molar-refractivity contribution in [2.75, 3.05) is 39.4 Å². The summed E-state index contributed by atoms with van der Waals surface area (Å²) in [7, 11) is 0. The molecule has 1 aromatic carbocycles. The number of carbonyl (C=O) groups excluding carboxylic acids is 1. The lowest BCUT2D eigenvalue weighted by Crippen LogP contribution is -2.41. The molecule has 0 saturated carbocycles. The quantitative estimate of drug-likeness (QED) is 0.917. The number of para-hydroxylation sites is 1. The molecule has 126 valence electrons. The minimum atomic E-state index is -0.444. The van der Waals surface area contributed by atoms with E-state index in [1.165, 1.54) is 0 Å². The third-order valence-corrected chi connectivity index (χ3v) is 4.06. The first kappa shape index (κ1) is 16.1. The number of amides is 1. The summed E-state index contributed by atoms with van der Waals surface area (Å²) < 4.78 is 16.6. The Bertz CT molecular complexity index is 568. The standard InChI is InChI=1S/C17H24N2O4/c1-17(2)12-13-4-3-5-14(15(13)23-17)22-16(20)18-6-7-19-8-10-21-11-9-19/h3-5H,6-12H2,1-2H3,(H,18,20). The van der Waals surface area contributed by atoms with Crippen molar-refractivity contribution in [2.45, 2.75) is 25.9 Å². The largest absolute Gasteiger partial charge is 0.483 e. The Labute approximate surface area is 136 Å². The van der Waals surface area contributed by atoms with Crippen molar-refractivity contribution < 1.29 is 19.0 Å². The summed E-state index contributed by atoms with van der Waals surface area (Å²) in [5, 5.41) is 2.79. The fraction of sp³-hybridized carbons (Fsp3) is 0.588. The van der Waals surface area contributed by atoms with E-state index in [1.807, 2.05) is 26.0 Å². The van der Waals surface area contributed by atoms with Crippen LogP contribution in [-0.2, 0) is 11.2 Å². The zero-order valence-corrected chi connectivity index (χ0v) is 13.8. The van der Waals surface area contributed by atoms with Gasteiger partial charge in [-0.1, -0.05) is 12.1 Å². The van der Waals surface area contributed by atoms with Crippen molar-refractivity contribution in [1.82, 2.24) is 10.2 Å². The number of nitrogens with zero attached hydrogens (tertiary/aromatic N) is 1. The van der Waals surface area contributed by atoms with E-state index in [0.29, 0.717) is 18.0 Å². The van der Waals surface area contributed by atoms with Crippen molar-refractivity contribution in [1.29, 1.82) is 0 Å². The van der Waals surface area contributed by atoms with Crippen molar-refractivity contribution >= 4 is 6.09 Å². The van der Waals surface area contributed by atoms with Crippen LogP contribution in [0.3, 0.4) is 0 Å². The molecule has 2 aliphatic rings. The first-order valence-electron chi connectivity index (χ1n) is 8.10. The second-order valence-corrected chi connectivity index (χ2v) is 6.55. The summed E-state index contributed by atoms with van der Waals surface area (Å²) in [4.78, 5) is 14.2. The molecule has 1 fully saturated rings. The van der Waals surface area contributed by atoms with Crippen LogP contribution in [0.4, 0.5) is 4.79 Å². The fourth-order valence-corrected chi connectivity index (χ4v) is 2.94. The van der Waals surface area contributed by atoms with E-state index in [2.05, 4.69) is 10.2 Å². The molecule has 23 heavy (non-hydrogen) atoms. The van der Waals surface area contributed by atoms with Gasteiger partial charge in [0, 0.05) is 38.2 Å². The van der Waals surface area contributed by atoms with Crippen LogP contribution in [0.1, 0.15) is 19.4 Å². The van der Waals surface area contributed by atoms with Gasteiger partial charge in [-0.15, -0.1) is 0 Å². The highest BCUT2D eigenvalue weighted by molar-refractivity contribution is 5.72. The summed E-state index contributed by atoms with van der Waals surface area (Å²) in [5.74, 6) is 1.16. The Hall–Kier alpha value is -1.79. The Morgan fingerprint density at radius 2 is 2.13 bits per heavy atom. The summed E-state index contributed by atoms with van der Waals surface area (Å²) in [5.41, 5.74) is 0.822. The first-order valence-corrected chi connectivity index (χ1v) is 8.10. The van der Waals surface area contributed by atoms with Crippen molar-refractivity contribution in [3.63, 3.8) is 0 Å². The van der Waals surface area contributed by atoms with Gasteiger partial charge in [-0.3, -0.25) is 4.90 Å². The lowest BCUT2D eigenvalue weighted by atomic mass is 10.0. The number of benzene rings is 1. The molecule has 0 radical (unpaired) electrons. The van der Waals surface area contributed by atoms with Gasteiger partial charge in [0.15, 0.2) is 11.5 Å². The minimum absolute atomic E-state index is 0.255. The van der Waals surface area contributed by atoms with E-state index >= 15 is 0 Å². The molecule has 0 atom stereocenters. The third kappa shape index (κ3) is 4.14. The average molecular weight is 320 g/mol. The molecule has 2 aliphatic heterocycles. The van der Waals surface area contributed by atoms with E-state index in [1.54, 1.807) is 6.07 Å². The zero-order valence-electron chi connectivity index (χ0n) is 13.8. The van der Waals surface area contributed by atoms with Gasteiger partial charge in [0.25, 0.3) is 0 Å². The Balaban J connectivity index is 1.50. The topological polar surface area (TPSA) is 60.0 Å². The molecule has 1 aromatic rings. The van der Waals surface area contributed by atoms with Crippen LogP contribution in [0, 0.1) is 0 Å².